The van der Waals surface area contributed by atoms with Gasteiger partial charge in [-0.05, 0) is 30.5 Å². The van der Waals surface area contributed by atoms with Gasteiger partial charge in [0.05, 0.1) is 4.88 Å². The molecular formula is C14H14F3NO3S. The Kier molecular flexibility index (Phi) is 4.62. The van der Waals surface area contributed by atoms with Gasteiger partial charge in [0.2, 0.25) is 5.60 Å². The van der Waals surface area contributed by atoms with Gasteiger partial charge < -0.3 is 14.8 Å². The summed E-state index contributed by atoms with van der Waals surface area (Å²) >= 11 is 1.18. The number of hydrogen-bond donors (Lipinski definition) is 2. The number of aryl methyl sites for hydroxylation is 1. The second-order valence-electron chi connectivity index (χ2n) is 4.75. The van der Waals surface area contributed by atoms with E-state index in [-0.39, 0.29) is 12.3 Å². The summed E-state index contributed by atoms with van der Waals surface area (Å²) in [4.78, 5) is 12.1. The molecule has 2 heterocycles. The number of furan rings is 1. The molecule has 0 unspecified atom stereocenters. The van der Waals surface area contributed by atoms with E-state index in [4.69, 9.17) is 4.42 Å². The van der Waals surface area contributed by atoms with Gasteiger partial charge in [-0.2, -0.15) is 13.2 Å². The predicted molar refractivity (Wildman–Crippen MR) is 74.7 cm³/mol. The van der Waals surface area contributed by atoms with Crippen LogP contribution in [0.5, 0.6) is 0 Å². The standard InChI is InChI=1S/C14H14F3NO3S/c1-9-4-5-11(21-9)13(20,14(15,16)17)6-7-18-12(19)10-3-2-8-22-10/h2-5,8,20H,6-7H2,1H3,(H,18,19)/t13-/m0/s1. The largest absolute Gasteiger partial charge is 0.463 e. The molecule has 8 heteroatoms. The second-order valence-corrected chi connectivity index (χ2v) is 5.70. The number of alkyl halides is 3. The third-order valence-electron chi connectivity index (χ3n) is 3.13. The highest BCUT2D eigenvalue weighted by Gasteiger charge is 2.56. The van der Waals surface area contributed by atoms with Crippen molar-refractivity contribution in [3.63, 3.8) is 0 Å². The molecule has 22 heavy (non-hydrogen) atoms. The Morgan fingerprint density at radius 3 is 2.59 bits per heavy atom. The summed E-state index contributed by atoms with van der Waals surface area (Å²) in [6.07, 6.45) is -5.65. The van der Waals surface area contributed by atoms with Crippen molar-refractivity contribution < 1.29 is 27.5 Å². The van der Waals surface area contributed by atoms with Crippen molar-refractivity contribution in [3.05, 3.63) is 46.0 Å². The highest BCUT2D eigenvalue weighted by molar-refractivity contribution is 7.12. The number of carbonyl (C=O) groups excluding carboxylic acids is 1. The highest BCUT2D eigenvalue weighted by atomic mass is 32.1. The van der Waals surface area contributed by atoms with E-state index in [9.17, 15) is 23.1 Å². The molecule has 0 saturated carbocycles. The Balaban J connectivity index is 2.07. The minimum absolute atomic E-state index is 0.264. The molecule has 0 aromatic carbocycles. The van der Waals surface area contributed by atoms with E-state index in [0.717, 1.165) is 6.07 Å². The smallest absolute Gasteiger partial charge is 0.424 e. The van der Waals surface area contributed by atoms with E-state index in [0.29, 0.717) is 4.88 Å². The Labute approximate surface area is 128 Å². The van der Waals surface area contributed by atoms with E-state index >= 15 is 0 Å². The summed E-state index contributed by atoms with van der Waals surface area (Å²) in [5, 5.41) is 14.1. The Morgan fingerprint density at radius 2 is 2.09 bits per heavy atom. The quantitative estimate of drug-likeness (QED) is 0.883. The molecule has 2 aromatic rings. The molecule has 2 N–H and O–H groups in total. The first-order valence-electron chi connectivity index (χ1n) is 6.42. The summed E-state index contributed by atoms with van der Waals surface area (Å²) in [5.41, 5.74) is -3.13. The molecule has 2 rings (SSSR count). The molecule has 120 valence electrons. The van der Waals surface area contributed by atoms with Gasteiger partial charge in [0.25, 0.3) is 5.91 Å². The molecule has 4 nitrogen and oxygen atoms in total. The Hall–Kier alpha value is -1.80. The third kappa shape index (κ3) is 3.33. The second kappa shape index (κ2) is 6.13. The fourth-order valence-electron chi connectivity index (χ4n) is 1.91. The van der Waals surface area contributed by atoms with Crippen LogP contribution in [-0.4, -0.2) is 23.7 Å². The molecule has 0 aliphatic rings. The van der Waals surface area contributed by atoms with Gasteiger partial charge in [-0.1, -0.05) is 6.07 Å². The first-order valence-corrected chi connectivity index (χ1v) is 7.30. The lowest BCUT2D eigenvalue weighted by atomic mass is 9.95. The molecule has 0 aliphatic carbocycles. The average molecular weight is 333 g/mol. The van der Waals surface area contributed by atoms with Crippen LogP contribution in [0.3, 0.4) is 0 Å². The molecule has 0 radical (unpaired) electrons. The van der Waals surface area contributed by atoms with Crippen LogP contribution in [0, 0.1) is 6.92 Å². The van der Waals surface area contributed by atoms with Crippen LogP contribution in [-0.2, 0) is 5.60 Å². The van der Waals surface area contributed by atoms with E-state index in [1.807, 2.05) is 0 Å². The molecular weight excluding hydrogens is 319 g/mol. The van der Waals surface area contributed by atoms with Crippen LogP contribution in [0.4, 0.5) is 13.2 Å². The summed E-state index contributed by atoms with van der Waals surface area (Å²) in [6.45, 7) is 1.14. The van der Waals surface area contributed by atoms with E-state index in [2.05, 4.69) is 5.32 Å². The van der Waals surface area contributed by atoms with Gasteiger partial charge in [0, 0.05) is 13.0 Å². The van der Waals surface area contributed by atoms with E-state index in [1.165, 1.54) is 24.3 Å². The molecule has 1 atom stereocenters. The Morgan fingerprint density at radius 1 is 1.36 bits per heavy atom. The summed E-state index contributed by atoms with van der Waals surface area (Å²) in [7, 11) is 0. The summed E-state index contributed by atoms with van der Waals surface area (Å²) in [6, 6.07) is 5.66. The van der Waals surface area contributed by atoms with Gasteiger partial charge >= 0.3 is 6.18 Å². The maximum atomic E-state index is 13.2. The Bertz CT molecular complexity index is 636. The van der Waals surface area contributed by atoms with Crippen molar-refractivity contribution in [2.45, 2.75) is 25.1 Å². The third-order valence-corrected chi connectivity index (χ3v) is 4.00. The minimum atomic E-state index is -4.91. The fourth-order valence-corrected chi connectivity index (χ4v) is 2.55. The number of hydrogen-bond acceptors (Lipinski definition) is 4. The molecule has 2 aromatic heterocycles. The zero-order valence-corrected chi connectivity index (χ0v) is 12.4. The molecule has 0 bridgehead atoms. The van der Waals surface area contributed by atoms with Crippen molar-refractivity contribution in [2.75, 3.05) is 6.54 Å². The molecule has 0 fully saturated rings. The van der Waals surface area contributed by atoms with Crippen molar-refractivity contribution in [3.8, 4) is 0 Å². The number of thiophene rings is 1. The number of amides is 1. The van der Waals surface area contributed by atoms with Gasteiger partial charge in [-0.3, -0.25) is 4.79 Å². The number of aliphatic hydroxyl groups is 1. The molecule has 0 aliphatic heterocycles. The fraction of sp³-hybridized carbons (Fsp3) is 0.357. The SMILES string of the molecule is Cc1ccc([C@@](O)(CCNC(=O)c2cccs2)C(F)(F)F)o1. The van der Waals surface area contributed by atoms with Gasteiger partial charge in [0.1, 0.15) is 11.5 Å². The summed E-state index contributed by atoms with van der Waals surface area (Å²) < 4.78 is 44.5. The number of nitrogens with one attached hydrogen (secondary N) is 1. The molecule has 0 spiro atoms. The molecule has 1 amide bonds. The van der Waals surface area contributed by atoms with Crippen molar-refractivity contribution in [1.29, 1.82) is 0 Å². The van der Waals surface area contributed by atoms with Crippen molar-refractivity contribution >= 4 is 17.2 Å². The van der Waals surface area contributed by atoms with Gasteiger partial charge in [-0.15, -0.1) is 11.3 Å². The monoisotopic (exact) mass is 333 g/mol. The minimum Gasteiger partial charge on any atom is -0.463 e. The summed E-state index contributed by atoms with van der Waals surface area (Å²) in [5.74, 6) is -0.793. The van der Waals surface area contributed by atoms with Gasteiger partial charge in [-0.25, -0.2) is 0 Å². The maximum absolute atomic E-state index is 13.2. The van der Waals surface area contributed by atoms with Crippen LogP contribution in [0.15, 0.2) is 34.1 Å². The lowest BCUT2D eigenvalue weighted by molar-refractivity contribution is -0.274. The number of rotatable bonds is 5. The predicted octanol–water partition coefficient (Wildman–Crippen LogP) is 3.22. The highest BCUT2D eigenvalue weighted by Crippen LogP contribution is 2.42. The number of carbonyl (C=O) groups is 1. The zero-order valence-electron chi connectivity index (χ0n) is 11.6. The van der Waals surface area contributed by atoms with Crippen LogP contribution >= 0.6 is 11.3 Å². The normalized spacial score (nSPS) is 14.6. The lowest BCUT2D eigenvalue weighted by Gasteiger charge is -2.28. The van der Waals surface area contributed by atoms with Gasteiger partial charge in [0.15, 0.2) is 0 Å². The van der Waals surface area contributed by atoms with Crippen LogP contribution in [0.1, 0.15) is 27.6 Å². The van der Waals surface area contributed by atoms with E-state index in [1.54, 1.807) is 17.5 Å². The van der Waals surface area contributed by atoms with Crippen molar-refractivity contribution in [1.82, 2.24) is 5.32 Å². The number of halogens is 3. The molecule has 0 saturated heterocycles. The maximum Gasteiger partial charge on any atom is 0.424 e. The topological polar surface area (TPSA) is 62.5 Å². The van der Waals surface area contributed by atoms with Crippen LogP contribution in [0.2, 0.25) is 0 Å². The van der Waals surface area contributed by atoms with Crippen LogP contribution in [0.25, 0.3) is 0 Å². The first kappa shape index (κ1) is 16.6. The average Bonchev–Trinajstić information content (AvgIpc) is 3.07. The zero-order chi connectivity index (χ0) is 16.4. The van der Waals surface area contributed by atoms with Crippen LogP contribution < -0.4 is 5.32 Å². The van der Waals surface area contributed by atoms with E-state index < -0.39 is 29.9 Å². The first-order chi connectivity index (χ1) is 10.2. The lowest BCUT2D eigenvalue weighted by Crippen LogP contribution is -2.44. The van der Waals surface area contributed by atoms with Crippen molar-refractivity contribution in [2.24, 2.45) is 0 Å².